The van der Waals surface area contributed by atoms with Crippen LogP contribution in [-0.4, -0.2) is 43.6 Å². The third-order valence-corrected chi connectivity index (χ3v) is 3.74. The van der Waals surface area contributed by atoms with Crippen molar-refractivity contribution in [3.8, 4) is 5.75 Å². The number of alkyl halides is 2. The molecule has 0 atom stereocenters. The summed E-state index contributed by atoms with van der Waals surface area (Å²) in [5.74, 6) is -0.139. The fraction of sp³-hybridized carbons (Fsp3) is 0.316. The highest BCUT2D eigenvalue weighted by molar-refractivity contribution is 5.92. The van der Waals surface area contributed by atoms with Gasteiger partial charge in [0.1, 0.15) is 5.75 Å². The number of amides is 1. The van der Waals surface area contributed by atoms with Gasteiger partial charge in [-0.25, -0.2) is 0 Å². The van der Waals surface area contributed by atoms with Crippen LogP contribution in [0.4, 0.5) is 14.5 Å². The summed E-state index contributed by atoms with van der Waals surface area (Å²) in [7, 11) is 0. The highest BCUT2D eigenvalue weighted by Gasteiger charge is 2.11. The number of hydrogen-bond donors (Lipinski definition) is 2. The summed E-state index contributed by atoms with van der Waals surface area (Å²) < 4.78 is 28.5. The first kappa shape index (κ1) is 19.8. The molecule has 0 aliphatic carbocycles. The van der Waals surface area contributed by atoms with Crippen LogP contribution in [0.15, 0.2) is 54.6 Å². The topological polar surface area (TPSA) is 67.6 Å². The van der Waals surface area contributed by atoms with Crippen LogP contribution in [-0.2, 0) is 11.2 Å². The van der Waals surface area contributed by atoms with Crippen molar-refractivity contribution in [3.05, 3.63) is 60.2 Å². The maximum absolute atomic E-state index is 12.2. The van der Waals surface area contributed by atoms with E-state index in [4.69, 9.17) is 5.73 Å². The van der Waals surface area contributed by atoms with Crippen molar-refractivity contribution >= 4 is 11.6 Å². The molecule has 140 valence electrons. The minimum atomic E-state index is -2.87. The lowest BCUT2D eigenvalue weighted by atomic mass is 10.1. The van der Waals surface area contributed by atoms with E-state index in [1.54, 1.807) is 0 Å². The first-order chi connectivity index (χ1) is 12.6. The Labute approximate surface area is 151 Å². The molecule has 3 N–H and O–H groups in total. The average Bonchev–Trinajstić information content (AvgIpc) is 2.62. The largest absolute Gasteiger partial charge is 0.435 e. The summed E-state index contributed by atoms with van der Waals surface area (Å²) >= 11 is 0. The second-order valence-electron chi connectivity index (χ2n) is 5.75. The molecule has 26 heavy (non-hydrogen) atoms. The van der Waals surface area contributed by atoms with E-state index in [0.29, 0.717) is 18.8 Å². The molecular formula is C19H23F2N3O2. The minimum absolute atomic E-state index is 0.0469. The van der Waals surface area contributed by atoms with E-state index in [0.717, 1.165) is 13.0 Å². The number of carbonyl (C=O) groups is 1. The van der Waals surface area contributed by atoms with Crippen LogP contribution in [0.2, 0.25) is 0 Å². The normalized spacial score (nSPS) is 11.0. The van der Waals surface area contributed by atoms with E-state index in [9.17, 15) is 13.6 Å². The second-order valence-corrected chi connectivity index (χ2v) is 5.75. The summed E-state index contributed by atoms with van der Waals surface area (Å²) in [4.78, 5) is 14.2. The van der Waals surface area contributed by atoms with E-state index >= 15 is 0 Å². The SMILES string of the molecule is NCCN(CCc1ccccc1)CC(=O)Nc1ccc(OC(F)F)cc1. The van der Waals surface area contributed by atoms with Gasteiger partial charge in [-0.05, 0) is 36.2 Å². The molecule has 0 aliphatic rings. The van der Waals surface area contributed by atoms with Gasteiger partial charge in [-0.15, -0.1) is 0 Å². The van der Waals surface area contributed by atoms with Crippen molar-refractivity contribution in [1.82, 2.24) is 4.90 Å². The number of hydrogen-bond acceptors (Lipinski definition) is 4. The molecule has 0 fully saturated rings. The molecule has 2 aromatic carbocycles. The number of nitrogens with one attached hydrogen (secondary N) is 1. The molecule has 0 saturated heterocycles. The maximum atomic E-state index is 12.2. The highest BCUT2D eigenvalue weighted by Crippen LogP contribution is 2.17. The lowest BCUT2D eigenvalue weighted by Crippen LogP contribution is -2.37. The lowest BCUT2D eigenvalue weighted by molar-refractivity contribution is -0.117. The monoisotopic (exact) mass is 363 g/mol. The van der Waals surface area contributed by atoms with Crippen molar-refractivity contribution in [2.45, 2.75) is 13.0 Å². The Balaban J connectivity index is 1.84. The van der Waals surface area contributed by atoms with Crippen LogP contribution in [0, 0.1) is 0 Å². The lowest BCUT2D eigenvalue weighted by Gasteiger charge is -2.21. The van der Waals surface area contributed by atoms with Gasteiger partial charge in [0.2, 0.25) is 5.91 Å². The van der Waals surface area contributed by atoms with Crippen LogP contribution >= 0.6 is 0 Å². The van der Waals surface area contributed by atoms with E-state index in [-0.39, 0.29) is 18.2 Å². The molecule has 7 heteroatoms. The molecule has 0 aromatic heterocycles. The number of ether oxygens (including phenoxy) is 1. The Morgan fingerprint density at radius 1 is 1.08 bits per heavy atom. The summed E-state index contributed by atoms with van der Waals surface area (Å²) in [6.07, 6.45) is 0.827. The zero-order valence-corrected chi connectivity index (χ0v) is 14.4. The van der Waals surface area contributed by atoms with Crippen molar-refractivity contribution in [1.29, 1.82) is 0 Å². The number of benzene rings is 2. The zero-order chi connectivity index (χ0) is 18.8. The van der Waals surface area contributed by atoms with Crippen molar-refractivity contribution < 1.29 is 18.3 Å². The molecule has 5 nitrogen and oxygen atoms in total. The molecule has 0 heterocycles. The summed E-state index contributed by atoms with van der Waals surface area (Å²) in [5.41, 5.74) is 7.35. The fourth-order valence-electron chi connectivity index (χ4n) is 2.51. The fourth-order valence-corrected chi connectivity index (χ4v) is 2.51. The molecule has 2 rings (SSSR count). The number of anilines is 1. The Morgan fingerprint density at radius 3 is 2.38 bits per heavy atom. The molecule has 1 amide bonds. The first-order valence-corrected chi connectivity index (χ1v) is 8.38. The zero-order valence-electron chi connectivity index (χ0n) is 14.4. The van der Waals surface area contributed by atoms with Gasteiger partial charge in [-0.1, -0.05) is 30.3 Å². The first-order valence-electron chi connectivity index (χ1n) is 8.38. The number of halogens is 2. The van der Waals surface area contributed by atoms with Gasteiger partial charge < -0.3 is 15.8 Å². The van der Waals surface area contributed by atoms with Gasteiger partial charge in [-0.3, -0.25) is 9.69 Å². The van der Waals surface area contributed by atoms with E-state index in [2.05, 4.69) is 10.1 Å². The third kappa shape index (κ3) is 7.16. The predicted octanol–water partition coefficient (Wildman–Crippen LogP) is 2.73. The van der Waals surface area contributed by atoms with Crippen LogP contribution in [0.5, 0.6) is 5.75 Å². The predicted molar refractivity (Wildman–Crippen MR) is 97.3 cm³/mol. The molecule has 0 aliphatic heterocycles. The molecule has 0 saturated carbocycles. The van der Waals surface area contributed by atoms with Crippen LogP contribution in [0.1, 0.15) is 5.56 Å². The van der Waals surface area contributed by atoms with Crippen molar-refractivity contribution in [2.75, 3.05) is 31.5 Å². The standard InChI is InChI=1S/C19H23F2N3O2/c20-19(21)26-17-8-6-16(7-9-17)23-18(25)14-24(13-11-22)12-10-15-4-2-1-3-5-15/h1-9,19H,10-14,22H2,(H,23,25). The van der Waals surface area contributed by atoms with Crippen LogP contribution in [0.25, 0.3) is 0 Å². The number of nitrogens with zero attached hydrogens (tertiary/aromatic N) is 1. The van der Waals surface area contributed by atoms with Crippen LogP contribution in [0.3, 0.4) is 0 Å². The van der Waals surface area contributed by atoms with Crippen molar-refractivity contribution in [2.24, 2.45) is 5.73 Å². The molecule has 0 unspecified atom stereocenters. The smallest absolute Gasteiger partial charge is 0.387 e. The molecular weight excluding hydrogens is 340 g/mol. The summed E-state index contributed by atoms with van der Waals surface area (Å²) in [6, 6.07) is 15.8. The van der Waals surface area contributed by atoms with Crippen molar-refractivity contribution in [3.63, 3.8) is 0 Å². The number of rotatable bonds is 10. The van der Waals surface area contributed by atoms with Gasteiger partial charge in [0.25, 0.3) is 0 Å². The van der Waals surface area contributed by atoms with Gasteiger partial charge in [0, 0.05) is 25.3 Å². The van der Waals surface area contributed by atoms with Gasteiger partial charge in [-0.2, -0.15) is 8.78 Å². The van der Waals surface area contributed by atoms with E-state index in [1.807, 2.05) is 35.2 Å². The number of nitrogens with two attached hydrogens (primary N) is 1. The summed E-state index contributed by atoms with van der Waals surface area (Å²) in [6.45, 7) is -0.872. The van der Waals surface area contributed by atoms with Crippen LogP contribution < -0.4 is 15.8 Å². The highest BCUT2D eigenvalue weighted by atomic mass is 19.3. The summed E-state index contributed by atoms with van der Waals surface area (Å²) in [5, 5.41) is 2.75. The average molecular weight is 363 g/mol. The quantitative estimate of drug-likeness (QED) is 0.681. The Hall–Kier alpha value is -2.51. The third-order valence-electron chi connectivity index (χ3n) is 3.74. The Morgan fingerprint density at radius 2 is 1.77 bits per heavy atom. The van der Waals surface area contributed by atoms with E-state index < -0.39 is 6.61 Å². The maximum Gasteiger partial charge on any atom is 0.387 e. The Kier molecular flexibility index (Phi) is 7.98. The van der Waals surface area contributed by atoms with Gasteiger partial charge in [0.05, 0.1) is 6.54 Å². The second kappa shape index (κ2) is 10.5. The molecule has 0 radical (unpaired) electrons. The minimum Gasteiger partial charge on any atom is -0.435 e. The van der Waals surface area contributed by atoms with E-state index in [1.165, 1.54) is 29.8 Å². The molecule has 0 bridgehead atoms. The molecule has 2 aromatic rings. The number of carbonyl (C=O) groups excluding carboxylic acids is 1. The molecule has 0 spiro atoms. The van der Waals surface area contributed by atoms with Gasteiger partial charge >= 0.3 is 6.61 Å². The Bertz CT molecular complexity index is 666. The van der Waals surface area contributed by atoms with Gasteiger partial charge in [0.15, 0.2) is 0 Å².